The Kier molecular flexibility index (Phi) is 4.11. The Labute approximate surface area is 92.0 Å². The van der Waals surface area contributed by atoms with Gasteiger partial charge in [0, 0.05) is 19.1 Å². The molecule has 4 heteroatoms. The number of rotatable bonds is 4. The van der Waals surface area contributed by atoms with Crippen LogP contribution < -0.4 is 5.32 Å². The van der Waals surface area contributed by atoms with E-state index < -0.39 is 5.41 Å². The lowest BCUT2D eigenvalue weighted by Gasteiger charge is -2.31. The molecular formula is C11H22N2O2. The molecule has 1 heterocycles. The van der Waals surface area contributed by atoms with E-state index in [2.05, 4.69) is 17.3 Å². The van der Waals surface area contributed by atoms with Crippen LogP contribution >= 0.6 is 0 Å². The number of nitrogens with one attached hydrogen (secondary N) is 1. The predicted octanol–water partition coefficient (Wildman–Crippen LogP) is 0.479. The molecule has 1 fully saturated rings. The van der Waals surface area contributed by atoms with Crippen LogP contribution in [0.3, 0.4) is 0 Å². The third-order valence-corrected chi connectivity index (χ3v) is 3.04. The highest BCUT2D eigenvalue weighted by molar-refractivity contribution is 5.76. The number of hydrogen-bond donors (Lipinski definition) is 1. The largest absolute Gasteiger partial charge is 0.469 e. The van der Waals surface area contributed by atoms with Gasteiger partial charge in [0.2, 0.25) is 0 Å². The van der Waals surface area contributed by atoms with Gasteiger partial charge in [-0.1, -0.05) is 0 Å². The standard InChI is InChI=1S/C11H22N2O2/c1-11(2,10(14)15-4)8-13(3)9-5-6-12-7-9/h9,12H,5-8H2,1-4H3. The van der Waals surface area contributed by atoms with Crippen LogP contribution in [-0.4, -0.2) is 50.7 Å². The molecule has 88 valence electrons. The smallest absolute Gasteiger partial charge is 0.312 e. The molecule has 0 radical (unpaired) electrons. The van der Waals surface area contributed by atoms with Gasteiger partial charge in [-0.15, -0.1) is 0 Å². The van der Waals surface area contributed by atoms with E-state index in [-0.39, 0.29) is 5.97 Å². The zero-order chi connectivity index (χ0) is 11.5. The zero-order valence-electron chi connectivity index (χ0n) is 10.2. The lowest BCUT2D eigenvalue weighted by Crippen LogP contribution is -2.43. The summed E-state index contributed by atoms with van der Waals surface area (Å²) in [5.74, 6) is -0.139. The maximum atomic E-state index is 11.5. The summed E-state index contributed by atoms with van der Waals surface area (Å²) in [6, 6.07) is 0.550. The molecule has 0 aromatic carbocycles. The van der Waals surface area contributed by atoms with Crippen molar-refractivity contribution < 1.29 is 9.53 Å². The van der Waals surface area contributed by atoms with Crippen LogP contribution in [0.1, 0.15) is 20.3 Å². The fourth-order valence-electron chi connectivity index (χ4n) is 2.11. The van der Waals surface area contributed by atoms with Crippen molar-refractivity contribution in [1.29, 1.82) is 0 Å². The van der Waals surface area contributed by atoms with Gasteiger partial charge >= 0.3 is 5.97 Å². The first-order valence-electron chi connectivity index (χ1n) is 5.47. The van der Waals surface area contributed by atoms with E-state index in [1.165, 1.54) is 7.11 Å². The van der Waals surface area contributed by atoms with Crippen molar-refractivity contribution in [3.63, 3.8) is 0 Å². The van der Waals surface area contributed by atoms with Crippen molar-refractivity contribution in [2.75, 3.05) is 33.8 Å². The SMILES string of the molecule is COC(=O)C(C)(C)CN(C)C1CCNC1. The summed E-state index contributed by atoms with van der Waals surface area (Å²) in [5, 5.41) is 3.32. The van der Waals surface area contributed by atoms with E-state index >= 15 is 0 Å². The van der Waals surface area contributed by atoms with E-state index in [1.807, 2.05) is 13.8 Å². The molecular weight excluding hydrogens is 192 g/mol. The van der Waals surface area contributed by atoms with Gasteiger partial charge in [-0.3, -0.25) is 4.79 Å². The molecule has 1 aliphatic heterocycles. The highest BCUT2D eigenvalue weighted by Crippen LogP contribution is 2.20. The van der Waals surface area contributed by atoms with Crippen molar-refractivity contribution in [2.45, 2.75) is 26.3 Å². The summed E-state index contributed by atoms with van der Waals surface area (Å²) < 4.78 is 4.80. The second kappa shape index (κ2) is 4.94. The average Bonchev–Trinajstić information content (AvgIpc) is 2.68. The molecule has 1 rings (SSSR count). The Morgan fingerprint density at radius 3 is 2.73 bits per heavy atom. The minimum atomic E-state index is -0.425. The lowest BCUT2D eigenvalue weighted by molar-refractivity contribution is -0.151. The minimum absolute atomic E-state index is 0.139. The minimum Gasteiger partial charge on any atom is -0.469 e. The third-order valence-electron chi connectivity index (χ3n) is 3.04. The van der Waals surface area contributed by atoms with Gasteiger partial charge in [-0.2, -0.15) is 0 Å². The van der Waals surface area contributed by atoms with Gasteiger partial charge in [0.05, 0.1) is 12.5 Å². The van der Waals surface area contributed by atoms with Crippen LogP contribution in [0.2, 0.25) is 0 Å². The van der Waals surface area contributed by atoms with Gasteiger partial charge in [-0.05, 0) is 33.9 Å². The van der Waals surface area contributed by atoms with Crippen LogP contribution in [-0.2, 0) is 9.53 Å². The topological polar surface area (TPSA) is 41.6 Å². The first-order valence-corrected chi connectivity index (χ1v) is 5.47. The van der Waals surface area contributed by atoms with Crippen LogP contribution in [0, 0.1) is 5.41 Å². The van der Waals surface area contributed by atoms with Crippen LogP contribution in [0.5, 0.6) is 0 Å². The molecule has 0 amide bonds. The maximum absolute atomic E-state index is 11.5. The monoisotopic (exact) mass is 214 g/mol. The number of methoxy groups -OCH3 is 1. The first-order chi connectivity index (χ1) is 6.97. The number of carbonyl (C=O) groups excluding carboxylic acids is 1. The first kappa shape index (κ1) is 12.5. The molecule has 0 aromatic rings. The lowest BCUT2D eigenvalue weighted by atomic mass is 9.92. The zero-order valence-corrected chi connectivity index (χ0v) is 10.2. The van der Waals surface area contributed by atoms with E-state index in [0.29, 0.717) is 6.04 Å². The number of ether oxygens (including phenoxy) is 1. The normalized spacial score (nSPS) is 22.1. The molecule has 1 aliphatic rings. The Balaban J connectivity index is 2.48. The summed E-state index contributed by atoms with van der Waals surface area (Å²) >= 11 is 0. The van der Waals surface area contributed by atoms with Crippen LogP contribution in [0.4, 0.5) is 0 Å². The Bertz CT molecular complexity index is 223. The molecule has 4 nitrogen and oxygen atoms in total. The molecule has 0 bridgehead atoms. The number of likely N-dealkylation sites (N-methyl/N-ethyl adjacent to an activating group) is 1. The van der Waals surface area contributed by atoms with Crippen LogP contribution in [0.25, 0.3) is 0 Å². The van der Waals surface area contributed by atoms with Crippen LogP contribution in [0.15, 0.2) is 0 Å². The summed E-state index contributed by atoms with van der Waals surface area (Å²) in [6.45, 7) is 6.70. The quantitative estimate of drug-likeness (QED) is 0.691. The van der Waals surface area contributed by atoms with Gasteiger partial charge < -0.3 is 15.0 Å². The van der Waals surface area contributed by atoms with Crippen molar-refractivity contribution in [3.05, 3.63) is 0 Å². The maximum Gasteiger partial charge on any atom is 0.312 e. The second-order valence-electron chi connectivity index (χ2n) is 4.94. The van der Waals surface area contributed by atoms with Gasteiger partial charge in [0.1, 0.15) is 0 Å². The summed E-state index contributed by atoms with van der Waals surface area (Å²) in [6.07, 6.45) is 1.16. The van der Waals surface area contributed by atoms with E-state index in [1.54, 1.807) is 0 Å². The molecule has 0 saturated carbocycles. The van der Waals surface area contributed by atoms with Gasteiger partial charge in [0.15, 0.2) is 0 Å². The second-order valence-corrected chi connectivity index (χ2v) is 4.94. The Morgan fingerprint density at radius 2 is 2.27 bits per heavy atom. The molecule has 1 unspecified atom stereocenters. The fourth-order valence-corrected chi connectivity index (χ4v) is 2.11. The third kappa shape index (κ3) is 3.18. The Hall–Kier alpha value is -0.610. The van der Waals surface area contributed by atoms with E-state index in [9.17, 15) is 4.79 Å². The van der Waals surface area contributed by atoms with Crippen molar-refractivity contribution in [1.82, 2.24) is 10.2 Å². The average molecular weight is 214 g/mol. The highest BCUT2D eigenvalue weighted by atomic mass is 16.5. The Morgan fingerprint density at radius 1 is 1.60 bits per heavy atom. The molecule has 1 saturated heterocycles. The summed E-state index contributed by atoms with van der Waals surface area (Å²) in [7, 11) is 3.52. The molecule has 15 heavy (non-hydrogen) atoms. The number of nitrogens with zero attached hydrogens (tertiary/aromatic N) is 1. The number of esters is 1. The highest BCUT2D eigenvalue weighted by Gasteiger charge is 2.32. The fraction of sp³-hybridized carbons (Fsp3) is 0.909. The van der Waals surface area contributed by atoms with Crippen molar-refractivity contribution in [2.24, 2.45) is 5.41 Å². The molecule has 1 N–H and O–H groups in total. The molecule has 0 aliphatic carbocycles. The predicted molar refractivity (Wildman–Crippen MR) is 59.7 cm³/mol. The van der Waals surface area contributed by atoms with Crippen molar-refractivity contribution in [3.8, 4) is 0 Å². The molecule has 0 spiro atoms. The van der Waals surface area contributed by atoms with Gasteiger partial charge in [0.25, 0.3) is 0 Å². The van der Waals surface area contributed by atoms with E-state index in [4.69, 9.17) is 4.74 Å². The number of hydrogen-bond acceptors (Lipinski definition) is 4. The molecule has 1 atom stereocenters. The summed E-state index contributed by atoms with van der Waals surface area (Å²) in [4.78, 5) is 13.8. The molecule has 0 aromatic heterocycles. The summed E-state index contributed by atoms with van der Waals surface area (Å²) in [5.41, 5.74) is -0.425. The van der Waals surface area contributed by atoms with E-state index in [0.717, 1.165) is 26.1 Å². The van der Waals surface area contributed by atoms with Crippen molar-refractivity contribution >= 4 is 5.97 Å². The number of carbonyl (C=O) groups is 1. The van der Waals surface area contributed by atoms with Gasteiger partial charge in [-0.25, -0.2) is 0 Å².